The van der Waals surface area contributed by atoms with Crippen molar-refractivity contribution in [1.29, 1.82) is 0 Å². The van der Waals surface area contributed by atoms with Gasteiger partial charge in [-0.25, -0.2) is 9.78 Å². The second kappa shape index (κ2) is 11.4. The number of rotatable bonds is 8. The van der Waals surface area contributed by atoms with Gasteiger partial charge in [0.1, 0.15) is 17.6 Å². The Morgan fingerprint density at radius 2 is 1.81 bits per heavy atom. The topological polar surface area (TPSA) is 132 Å². The molecule has 0 bridgehead atoms. The summed E-state index contributed by atoms with van der Waals surface area (Å²) in [4.78, 5) is 48.8. The quantitative estimate of drug-likeness (QED) is 0.359. The highest BCUT2D eigenvalue weighted by Crippen LogP contribution is 2.44. The third-order valence-electron chi connectivity index (χ3n) is 8.58. The Morgan fingerprint density at radius 1 is 1.07 bits per heavy atom. The van der Waals surface area contributed by atoms with Crippen LogP contribution in [0.1, 0.15) is 19.3 Å². The van der Waals surface area contributed by atoms with Gasteiger partial charge in [-0.05, 0) is 62.7 Å². The Bertz CT molecular complexity index is 1600. The number of anilines is 2. The minimum atomic E-state index is -3.10. The molecule has 6 rings (SSSR count). The number of nitrogens with one attached hydrogen (secondary N) is 2. The molecule has 1 unspecified atom stereocenters. The number of carbonyl (C=O) groups excluding carboxylic acids is 1. The van der Waals surface area contributed by atoms with E-state index in [1.54, 1.807) is 18.2 Å². The maximum absolute atomic E-state index is 13.5. The van der Waals surface area contributed by atoms with E-state index in [4.69, 9.17) is 9.84 Å². The zero-order chi connectivity index (χ0) is 30.3. The lowest BCUT2D eigenvalue weighted by molar-refractivity contribution is -0.123. The Hall–Kier alpha value is -4.30. The maximum atomic E-state index is 13.5. The van der Waals surface area contributed by atoms with E-state index in [2.05, 4.69) is 25.4 Å². The average molecular weight is 598 g/mol. The van der Waals surface area contributed by atoms with Crippen LogP contribution in [0.4, 0.5) is 25.0 Å². The molecule has 3 heterocycles. The van der Waals surface area contributed by atoms with Crippen molar-refractivity contribution in [3.63, 3.8) is 0 Å². The Morgan fingerprint density at radius 3 is 2.51 bits per heavy atom. The van der Waals surface area contributed by atoms with Gasteiger partial charge in [-0.15, -0.1) is 0 Å². The molecule has 0 radical (unpaired) electrons. The number of carbonyl (C=O) groups is 2. The van der Waals surface area contributed by atoms with E-state index in [9.17, 15) is 23.2 Å². The first kappa shape index (κ1) is 28.8. The van der Waals surface area contributed by atoms with Crippen LogP contribution < -0.4 is 25.8 Å². The number of piperazine rings is 1. The largest absolute Gasteiger partial charge is 0.465 e. The van der Waals surface area contributed by atoms with Crippen LogP contribution in [0.2, 0.25) is 0 Å². The molecule has 2 amide bonds. The van der Waals surface area contributed by atoms with Crippen LogP contribution >= 0.6 is 0 Å². The van der Waals surface area contributed by atoms with Crippen LogP contribution in [0.5, 0.6) is 5.75 Å². The normalized spacial score (nSPS) is 20.4. The molecule has 2 saturated heterocycles. The van der Waals surface area contributed by atoms with Gasteiger partial charge in [-0.3, -0.25) is 19.1 Å². The summed E-state index contributed by atoms with van der Waals surface area (Å²) in [5.74, 6) is -0.485. The molecule has 228 valence electrons. The summed E-state index contributed by atoms with van der Waals surface area (Å²) >= 11 is 0. The van der Waals surface area contributed by atoms with Gasteiger partial charge < -0.3 is 30.3 Å². The fourth-order valence-corrected chi connectivity index (χ4v) is 6.02. The molecule has 2 aliphatic heterocycles. The standard InChI is InChI=1S/C29H33F2N7O5/c1-35-10-12-37(13-11-35)29(7-8-29)26(40)34-23-15-20(3-5-24(23)43-27(30)31)38-17-32-22-14-19(2-4-21(22)25(38)39)36-9-6-18(16-36)33-28(41)42/h2-5,14-15,17-18,27,33H,6-13,16H2,1H3,(H,34,40)(H,41,42). The number of ether oxygens (including phenoxy) is 1. The molecule has 1 saturated carbocycles. The van der Waals surface area contributed by atoms with Crippen LogP contribution in [0.15, 0.2) is 47.5 Å². The number of hydrogen-bond donors (Lipinski definition) is 3. The highest BCUT2D eigenvalue weighted by molar-refractivity contribution is 6.01. The number of hydrogen-bond acceptors (Lipinski definition) is 8. The molecule has 43 heavy (non-hydrogen) atoms. The van der Waals surface area contributed by atoms with E-state index in [1.807, 2.05) is 11.9 Å². The van der Waals surface area contributed by atoms with E-state index >= 15 is 0 Å². The van der Waals surface area contributed by atoms with E-state index < -0.39 is 18.2 Å². The monoisotopic (exact) mass is 597 g/mol. The SMILES string of the molecule is CN1CCN(C2(C(=O)Nc3cc(-n4cnc5cc(N6CCC(NC(=O)O)C6)ccc5c4=O)ccc3OC(F)F)CC2)CC1. The number of nitrogens with zero attached hydrogens (tertiary/aromatic N) is 5. The van der Waals surface area contributed by atoms with Gasteiger partial charge in [0.25, 0.3) is 5.56 Å². The van der Waals surface area contributed by atoms with Crippen LogP contribution in [0.25, 0.3) is 16.6 Å². The van der Waals surface area contributed by atoms with Crippen LogP contribution in [0.3, 0.4) is 0 Å². The van der Waals surface area contributed by atoms with E-state index in [1.165, 1.54) is 29.1 Å². The summed E-state index contributed by atoms with van der Waals surface area (Å²) < 4.78 is 32.5. The lowest BCUT2D eigenvalue weighted by Gasteiger charge is -2.37. The van der Waals surface area contributed by atoms with Gasteiger partial charge in [0.05, 0.1) is 28.3 Å². The lowest BCUT2D eigenvalue weighted by atomic mass is 10.1. The van der Waals surface area contributed by atoms with Gasteiger partial charge in [-0.2, -0.15) is 8.78 Å². The number of halogens is 2. The summed E-state index contributed by atoms with van der Waals surface area (Å²) in [5.41, 5.74) is 0.592. The summed E-state index contributed by atoms with van der Waals surface area (Å²) in [6, 6.07) is 9.26. The van der Waals surface area contributed by atoms with E-state index in [0.717, 1.165) is 31.9 Å². The molecule has 1 aromatic heterocycles. The van der Waals surface area contributed by atoms with Crippen molar-refractivity contribution in [3.05, 3.63) is 53.1 Å². The smallest absolute Gasteiger partial charge is 0.404 e. The zero-order valence-corrected chi connectivity index (χ0v) is 23.6. The van der Waals surface area contributed by atoms with Gasteiger partial charge in [-0.1, -0.05) is 0 Å². The second-order valence-corrected chi connectivity index (χ2v) is 11.3. The molecule has 3 fully saturated rings. The number of amides is 2. The predicted molar refractivity (Wildman–Crippen MR) is 155 cm³/mol. The van der Waals surface area contributed by atoms with E-state index in [0.29, 0.717) is 48.9 Å². The van der Waals surface area contributed by atoms with Crippen LogP contribution in [-0.4, -0.2) is 101 Å². The minimum absolute atomic E-state index is 0.0455. The molecular weight excluding hydrogens is 564 g/mol. The number of aromatic nitrogens is 2. The maximum Gasteiger partial charge on any atom is 0.404 e. The molecule has 2 aromatic carbocycles. The van der Waals surface area contributed by atoms with Crippen molar-refractivity contribution in [2.24, 2.45) is 0 Å². The molecule has 12 nitrogen and oxygen atoms in total. The van der Waals surface area contributed by atoms with Crippen molar-refractivity contribution < 1.29 is 28.2 Å². The van der Waals surface area contributed by atoms with Crippen molar-refractivity contribution in [2.75, 3.05) is 56.5 Å². The lowest BCUT2D eigenvalue weighted by Crippen LogP contribution is -2.54. The second-order valence-electron chi connectivity index (χ2n) is 11.3. The summed E-state index contributed by atoms with van der Waals surface area (Å²) in [6.07, 6.45) is 2.31. The minimum Gasteiger partial charge on any atom is -0.465 e. The number of benzene rings is 2. The number of alkyl halides is 2. The van der Waals surface area contributed by atoms with Crippen molar-refractivity contribution in [1.82, 2.24) is 24.7 Å². The summed E-state index contributed by atoms with van der Waals surface area (Å²) in [5, 5.41) is 14.7. The molecule has 3 aliphatic rings. The van der Waals surface area contributed by atoms with Crippen LogP contribution in [-0.2, 0) is 4.79 Å². The third-order valence-corrected chi connectivity index (χ3v) is 8.58. The predicted octanol–water partition coefficient (Wildman–Crippen LogP) is 2.55. The van der Waals surface area contributed by atoms with Gasteiger partial charge in [0.15, 0.2) is 0 Å². The molecular formula is C29H33F2N7O5. The Labute approximate surface area is 245 Å². The van der Waals surface area contributed by atoms with Gasteiger partial charge >= 0.3 is 12.7 Å². The zero-order valence-electron chi connectivity index (χ0n) is 23.6. The fraction of sp³-hybridized carbons (Fsp3) is 0.448. The molecule has 1 atom stereocenters. The molecule has 3 N–H and O–H groups in total. The first-order chi connectivity index (χ1) is 20.6. The van der Waals surface area contributed by atoms with Gasteiger partial charge in [0.2, 0.25) is 5.91 Å². The Kier molecular flexibility index (Phi) is 7.65. The fourth-order valence-electron chi connectivity index (χ4n) is 6.02. The molecule has 14 heteroatoms. The van der Waals surface area contributed by atoms with Gasteiger partial charge in [0, 0.05) is 45.0 Å². The van der Waals surface area contributed by atoms with Crippen molar-refractivity contribution in [3.8, 4) is 11.4 Å². The highest BCUT2D eigenvalue weighted by Gasteiger charge is 2.54. The number of likely N-dealkylation sites (N-methyl/N-ethyl adjacent to an activating group) is 1. The van der Waals surface area contributed by atoms with Crippen molar-refractivity contribution >= 4 is 34.3 Å². The number of carboxylic acid groups (broad SMARTS) is 1. The average Bonchev–Trinajstić information content (AvgIpc) is 3.66. The first-order valence-electron chi connectivity index (χ1n) is 14.2. The first-order valence-corrected chi connectivity index (χ1v) is 14.2. The molecule has 0 spiro atoms. The molecule has 1 aliphatic carbocycles. The summed E-state index contributed by atoms with van der Waals surface area (Å²) in [7, 11) is 2.03. The summed E-state index contributed by atoms with van der Waals surface area (Å²) in [6.45, 7) is 1.22. The highest BCUT2D eigenvalue weighted by atomic mass is 19.3. The number of fused-ring (bicyclic) bond motifs is 1. The Balaban J connectivity index is 1.26. The van der Waals surface area contributed by atoms with E-state index in [-0.39, 0.29) is 28.9 Å². The molecule has 3 aromatic rings. The van der Waals surface area contributed by atoms with Crippen LogP contribution in [0, 0.1) is 0 Å². The third kappa shape index (κ3) is 5.84. The van der Waals surface area contributed by atoms with Crippen molar-refractivity contribution in [2.45, 2.75) is 37.5 Å².